The van der Waals surface area contributed by atoms with Crippen molar-refractivity contribution in [2.45, 2.75) is 43.6 Å². The zero-order valence-electron chi connectivity index (χ0n) is 19.0. The second kappa shape index (κ2) is 11.1. The first kappa shape index (κ1) is 24.4. The Hall–Kier alpha value is -2.75. The lowest BCUT2D eigenvalue weighted by Crippen LogP contribution is -2.31. The van der Waals surface area contributed by atoms with Crippen LogP contribution in [0.4, 0.5) is 4.39 Å². The first-order chi connectivity index (χ1) is 16.4. The van der Waals surface area contributed by atoms with Crippen LogP contribution in [0.1, 0.15) is 42.4 Å². The molecule has 34 heavy (non-hydrogen) atoms. The summed E-state index contributed by atoms with van der Waals surface area (Å²) in [5.74, 6) is -0.0428. The number of fused-ring (bicyclic) bond motifs is 1. The largest absolute Gasteiger partial charge is 0.467 e. The number of carbonyl (C=O) groups is 1. The molecule has 0 aromatic heterocycles. The first-order valence-corrected chi connectivity index (χ1v) is 13.0. The number of hydrogen-bond donors (Lipinski definition) is 1. The molecule has 2 aliphatic rings. The summed E-state index contributed by atoms with van der Waals surface area (Å²) in [6.45, 7) is 1.85. The zero-order chi connectivity index (χ0) is 24.0. The van der Waals surface area contributed by atoms with Gasteiger partial charge in [0, 0.05) is 31.3 Å². The Bertz CT molecular complexity index is 1140. The molecule has 0 spiro atoms. The summed E-state index contributed by atoms with van der Waals surface area (Å²) in [4.78, 5) is 12.5. The average Bonchev–Trinajstić information content (AvgIpc) is 3.13. The number of carbonyl (C=O) groups excluding carboxylic acids is 1. The molecule has 7 nitrogen and oxygen atoms in total. The molecule has 1 fully saturated rings. The number of nitrogens with one attached hydrogen (secondary N) is 1. The molecule has 2 heterocycles. The molecule has 1 saturated heterocycles. The number of benzene rings is 2. The van der Waals surface area contributed by atoms with E-state index in [9.17, 15) is 17.6 Å². The maximum Gasteiger partial charge on any atom is 0.244 e. The molecule has 0 aliphatic carbocycles. The summed E-state index contributed by atoms with van der Waals surface area (Å²) in [5.41, 5.74) is 2.06. The topological polar surface area (TPSA) is 84.9 Å². The third-order valence-corrected chi connectivity index (χ3v) is 7.87. The van der Waals surface area contributed by atoms with Gasteiger partial charge in [0.15, 0.2) is 6.79 Å². The van der Waals surface area contributed by atoms with Crippen molar-refractivity contribution >= 4 is 22.0 Å². The molecule has 0 radical (unpaired) electrons. The Kier molecular flexibility index (Phi) is 7.97. The minimum absolute atomic E-state index is 0.124. The lowest BCUT2D eigenvalue weighted by atomic mass is 10.1. The maximum absolute atomic E-state index is 13.8. The van der Waals surface area contributed by atoms with Gasteiger partial charge >= 0.3 is 0 Å². The fourth-order valence-corrected chi connectivity index (χ4v) is 5.69. The van der Waals surface area contributed by atoms with Crippen LogP contribution in [0, 0.1) is 5.82 Å². The van der Waals surface area contributed by atoms with Gasteiger partial charge in [-0.15, -0.1) is 0 Å². The highest BCUT2D eigenvalue weighted by atomic mass is 32.2. The Morgan fingerprint density at radius 2 is 1.82 bits per heavy atom. The molecule has 2 aliphatic heterocycles. The van der Waals surface area contributed by atoms with Crippen molar-refractivity contribution in [3.63, 3.8) is 0 Å². The van der Waals surface area contributed by atoms with Crippen molar-refractivity contribution in [1.82, 2.24) is 9.62 Å². The van der Waals surface area contributed by atoms with Gasteiger partial charge in [-0.1, -0.05) is 25.0 Å². The second-order valence-corrected chi connectivity index (χ2v) is 10.4. The van der Waals surface area contributed by atoms with Crippen LogP contribution in [0.5, 0.6) is 5.75 Å². The summed E-state index contributed by atoms with van der Waals surface area (Å²) in [5, 5.41) is 2.77. The van der Waals surface area contributed by atoms with E-state index in [1.807, 2.05) is 0 Å². The monoisotopic (exact) mass is 488 g/mol. The normalized spacial score (nSPS) is 17.1. The third kappa shape index (κ3) is 6.02. The van der Waals surface area contributed by atoms with E-state index in [0.29, 0.717) is 49.5 Å². The SMILES string of the molecule is O=C(C=Cc1ccc(S(=O)(=O)N2CCCCCC2)cc1)NCCc1cc(F)cc2c1OCOC2. The maximum atomic E-state index is 13.8. The van der Waals surface area contributed by atoms with Crippen LogP contribution in [0.2, 0.25) is 0 Å². The van der Waals surface area contributed by atoms with Crippen molar-refractivity contribution in [3.8, 4) is 5.75 Å². The van der Waals surface area contributed by atoms with Crippen molar-refractivity contribution in [3.05, 3.63) is 65.0 Å². The van der Waals surface area contributed by atoms with E-state index in [4.69, 9.17) is 9.47 Å². The van der Waals surface area contributed by atoms with Gasteiger partial charge in [0.2, 0.25) is 15.9 Å². The number of ether oxygens (including phenoxy) is 2. The predicted octanol–water partition coefficient (Wildman–Crippen LogP) is 3.63. The van der Waals surface area contributed by atoms with E-state index in [-0.39, 0.29) is 23.4 Å². The van der Waals surface area contributed by atoms with Crippen LogP contribution in [0.3, 0.4) is 0 Å². The molecule has 0 saturated carbocycles. The predicted molar refractivity (Wildman–Crippen MR) is 126 cm³/mol. The smallest absolute Gasteiger partial charge is 0.244 e. The Morgan fingerprint density at radius 3 is 2.56 bits per heavy atom. The number of nitrogens with zero attached hydrogens (tertiary/aromatic N) is 1. The zero-order valence-corrected chi connectivity index (χ0v) is 19.8. The van der Waals surface area contributed by atoms with Crippen LogP contribution in [-0.4, -0.2) is 45.1 Å². The van der Waals surface area contributed by atoms with E-state index in [2.05, 4.69) is 5.32 Å². The number of hydrogen-bond acceptors (Lipinski definition) is 5. The van der Waals surface area contributed by atoms with Crippen LogP contribution in [0.15, 0.2) is 47.4 Å². The number of amides is 1. The molecule has 182 valence electrons. The number of halogens is 1. The minimum Gasteiger partial charge on any atom is -0.467 e. The van der Waals surface area contributed by atoms with E-state index in [1.54, 1.807) is 34.6 Å². The van der Waals surface area contributed by atoms with E-state index < -0.39 is 10.0 Å². The van der Waals surface area contributed by atoms with E-state index >= 15 is 0 Å². The number of sulfonamides is 1. The molecule has 0 unspecified atom stereocenters. The quantitative estimate of drug-likeness (QED) is 0.602. The van der Waals surface area contributed by atoms with E-state index in [0.717, 1.165) is 31.2 Å². The first-order valence-electron chi connectivity index (χ1n) is 11.5. The van der Waals surface area contributed by atoms with Gasteiger partial charge in [-0.3, -0.25) is 4.79 Å². The highest BCUT2D eigenvalue weighted by molar-refractivity contribution is 7.89. The molecule has 0 atom stereocenters. The van der Waals surface area contributed by atoms with Crippen molar-refractivity contribution in [2.75, 3.05) is 26.4 Å². The fraction of sp³-hybridized carbons (Fsp3) is 0.400. The van der Waals surface area contributed by atoms with Gasteiger partial charge < -0.3 is 14.8 Å². The minimum atomic E-state index is -3.50. The van der Waals surface area contributed by atoms with Gasteiger partial charge in [-0.25, -0.2) is 12.8 Å². The second-order valence-electron chi connectivity index (χ2n) is 8.43. The fourth-order valence-electron chi connectivity index (χ4n) is 4.18. The van der Waals surface area contributed by atoms with Crippen LogP contribution in [0.25, 0.3) is 6.08 Å². The van der Waals surface area contributed by atoms with Gasteiger partial charge in [0.1, 0.15) is 11.6 Å². The van der Waals surface area contributed by atoms with Crippen molar-refractivity contribution in [2.24, 2.45) is 0 Å². The molecule has 1 amide bonds. The van der Waals surface area contributed by atoms with E-state index in [1.165, 1.54) is 18.2 Å². The lowest BCUT2D eigenvalue weighted by molar-refractivity contribution is -0.116. The summed E-state index contributed by atoms with van der Waals surface area (Å²) < 4.78 is 51.8. The molecular weight excluding hydrogens is 459 g/mol. The van der Waals surface area contributed by atoms with Crippen LogP contribution in [-0.2, 0) is 32.6 Å². The lowest BCUT2D eigenvalue weighted by Gasteiger charge is -2.20. The van der Waals surface area contributed by atoms with Gasteiger partial charge in [-0.2, -0.15) is 4.31 Å². The van der Waals surface area contributed by atoms with Gasteiger partial charge in [0.25, 0.3) is 0 Å². The molecule has 4 rings (SSSR count). The Labute approximate surface area is 199 Å². The average molecular weight is 489 g/mol. The highest BCUT2D eigenvalue weighted by Gasteiger charge is 2.24. The summed E-state index contributed by atoms with van der Waals surface area (Å²) in [6.07, 6.45) is 7.33. The summed E-state index contributed by atoms with van der Waals surface area (Å²) in [7, 11) is -3.50. The molecule has 2 aromatic carbocycles. The van der Waals surface area contributed by atoms with Gasteiger partial charge in [0.05, 0.1) is 11.5 Å². The standard InChI is InChI=1S/C25H29FN2O5S/c26-22-15-20(25-21(16-22)17-32-18-33-25)11-12-27-24(29)10-7-19-5-8-23(9-6-19)34(30,31)28-13-3-1-2-4-14-28/h5-10,15-16H,1-4,11-14,17-18H2,(H,27,29). The Balaban J connectivity index is 1.31. The molecular formula is C25H29FN2O5S. The highest BCUT2D eigenvalue weighted by Crippen LogP contribution is 2.29. The Morgan fingerprint density at radius 1 is 1.09 bits per heavy atom. The molecule has 9 heteroatoms. The molecule has 1 N–H and O–H groups in total. The van der Waals surface area contributed by atoms with Crippen LogP contribution >= 0.6 is 0 Å². The molecule has 0 bridgehead atoms. The van der Waals surface area contributed by atoms with Gasteiger partial charge in [-0.05, 0) is 60.7 Å². The van der Waals surface area contributed by atoms with Crippen molar-refractivity contribution in [1.29, 1.82) is 0 Å². The molecule has 2 aromatic rings. The van der Waals surface area contributed by atoms with Crippen molar-refractivity contribution < 1.29 is 27.1 Å². The number of rotatable bonds is 7. The third-order valence-electron chi connectivity index (χ3n) is 5.96. The summed E-state index contributed by atoms with van der Waals surface area (Å²) >= 11 is 0. The van der Waals surface area contributed by atoms with Crippen LogP contribution < -0.4 is 10.1 Å². The summed E-state index contributed by atoms with van der Waals surface area (Å²) in [6, 6.07) is 9.33.